The average molecular weight is 613 g/mol. The van der Waals surface area contributed by atoms with Gasteiger partial charge in [-0.15, -0.1) is 0 Å². The van der Waals surface area contributed by atoms with E-state index in [0.29, 0.717) is 34.8 Å². The van der Waals surface area contributed by atoms with Crippen LogP contribution in [0.4, 0.5) is 0 Å². The van der Waals surface area contributed by atoms with Crippen molar-refractivity contribution in [2.24, 2.45) is 5.92 Å². The number of fused-ring (bicyclic) bond motifs is 3. The van der Waals surface area contributed by atoms with Gasteiger partial charge in [0.1, 0.15) is 29.3 Å². The zero-order chi connectivity index (χ0) is 32.1. The quantitative estimate of drug-likeness (QED) is 0.0950. The molecule has 0 fully saturated rings. The summed E-state index contributed by atoms with van der Waals surface area (Å²) in [5.41, 5.74) is 2.00. The standard InChI is InChI=1S/C37H56O7/c1-7-8-9-10-11-12-13-14-15-16-17-18-19-20-21-42-35-29-24-32(44-37(29)40)33(26(4)5)31-23-28(36(39)41-6)30(43-31)22-27(25(2)3)34(35)38/h23-24,27,32-35,38H,2,4,7-22H2,1,3,5-6H3/t27-,32-,33+,34-,35-/m1/s1. The summed E-state index contributed by atoms with van der Waals surface area (Å²) < 4.78 is 23.3. The normalized spacial score (nSPS) is 23.1. The number of methoxy groups -OCH3 is 1. The highest BCUT2D eigenvalue weighted by atomic mass is 16.6. The minimum absolute atomic E-state index is 0.204. The van der Waals surface area contributed by atoms with E-state index >= 15 is 0 Å². The first-order valence-corrected chi connectivity index (χ1v) is 16.9. The molecule has 1 aromatic rings. The van der Waals surface area contributed by atoms with Crippen molar-refractivity contribution in [3.05, 3.63) is 59.1 Å². The fourth-order valence-electron chi connectivity index (χ4n) is 6.44. The Morgan fingerprint density at radius 3 is 2.02 bits per heavy atom. The molecule has 246 valence electrons. The second-order valence-corrected chi connectivity index (χ2v) is 12.8. The van der Waals surface area contributed by atoms with Crippen LogP contribution in [0.5, 0.6) is 0 Å². The minimum atomic E-state index is -1.10. The zero-order valence-corrected chi connectivity index (χ0v) is 27.7. The molecule has 7 nitrogen and oxygen atoms in total. The van der Waals surface area contributed by atoms with Gasteiger partial charge in [-0.1, -0.05) is 115 Å². The first-order valence-electron chi connectivity index (χ1n) is 16.9. The van der Waals surface area contributed by atoms with Crippen molar-refractivity contribution in [2.45, 2.75) is 141 Å². The van der Waals surface area contributed by atoms with E-state index in [4.69, 9.17) is 18.6 Å². The highest BCUT2D eigenvalue weighted by molar-refractivity contribution is 5.93. The molecule has 0 unspecified atom stereocenters. The third-order valence-corrected chi connectivity index (χ3v) is 9.08. The Morgan fingerprint density at radius 1 is 0.932 bits per heavy atom. The molecule has 4 bridgehead atoms. The Balaban J connectivity index is 1.59. The molecule has 1 aromatic heterocycles. The maximum absolute atomic E-state index is 13.2. The highest BCUT2D eigenvalue weighted by Gasteiger charge is 2.44. The van der Waals surface area contributed by atoms with Gasteiger partial charge in [-0.25, -0.2) is 9.59 Å². The average Bonchev–Trinajstić information content (AvgIpc) is 3.57. The van der Waals surface area contributed by atoms with Gasteiger partial charge in [0.2, 0.25) is 0 Å². The fourth-order valence-corrected chi connectivity index (χ4v) is 6.44. The lowest BCUT2D eigenvalue weighted by Gasteiger charge is -2.30. The SMILES string of the molecule is C=C(C)[C@H]1Cc2oc(cc2C(=O)OC)[C@H](C(=C)C)[C@H]2C=C(C(=O)O2)[C@@H](OCCCCCCCCCCCCCCCC)[C@@H]1O. The summed E-state index contributed by atoms with van der Waals surface area (Å²) in [5.74, 6) is -1.24. The number of esters is 2. The van der Waals surface area contributed by atoms with Crippen LogP contribution in [0.25, 0.3) is 0 Å². The summed E-state index contributed by atoms with van der Waals surface area (Å²) in [6, 6.07) is 1.63. The second-order valence-electron chi connectivity index (χ2n) is 12.8. The number of unbranched alkanes of at least 4 members (excludes halogenated alkanes) is 13. The third kappa shape index (κ3) is 9.93. The van der Waals surface area contributed by atoms with Gasteiger partial charge in [-0.2, -0.15) is 0 Å². The fraction of sp³-hybridized carbons (Fsp3) is 0.676. The molecule has 1 N–H and O–H groups in total. The highest BCUT2D eigenvalue weighted by Crippen LogP contribution is 2.40. The second kappa shape index (κ2) is 18.4. The van der Waals surface area contributed by atoms with Gasteiger partial charge in [0.25, 0.3) is 0 Å². The summed E-state index contributed by atoms with van der Waals surface area (Å²) >= 11 is 0. The molecule has 2 aliphatic rings. The van der Waals surface area contributed by atoms with Crippen LogP contribution in [0, 0.1) is 5.92 Å². The number of aliphatic hydroxyl groups excluding tert-OH is 1. The molecule has 0 spiro atoms. The number of ether oxygens (including phenoxy) is 3. The summed E-state index contributed by atoms with van der Waals surface area (Å²) in [6.45, 7) is 14.5. The van der Waals surface area contributed by atoms with Crippen molar-refractivity contribution >= 4 is 11.9 Å². The molecule has 7 heteroatoms. The maximum Gasteiger partial charge on any atom is 0.341 e. The van der Waals surface area contributed by atoms with Crippen LogP contribution in [0.3, 0.4) is 0 Å². The number of carbonyl (C=O) groups is 2. The number of aliphatic hydroxyl groups is 1. The summed E-state index contributed by atoms with van der Waals surface area (Å²) in [5, 5.41) is 11.7. The Kier molecular flexibility index (Phi) is 15.0. The molecule has 44 heavy (non-hydrogen) atoms. The summed E-state index contributed by atoms with van der Waals surface area (Å²) in [4.78, 5) is 25.8. The van der Waals surface area contributed by atoms with Crippen molar-refractivity contribution in [1.82, 2.24) is 0 Å². The molecule has 0 saturated carbocycles. The summed E-state index contributed by atoms with van der Waals surface area (Å²) in [6.07, 6.45) is 16.9. The van der Waals surface area contributed by atoms with Gasteiger partial charge in [0.15, 0.2) is 0 Å². The van der Waals surface area contributed by atoms with Crippen LogP contribution >= 0.6 is 0 Å². The molecule has 5 atom stereocenters. The number of hydrogen-bond acceptors (Lipinski definition) is 7. The predicted molar refractivity (Wildman–Crippen MR) is 174 cm³/mol. The van der Waals surface area contributed by atoms with Crippen molar-refractivity contribution in [2.75, 3.05) is 13.7 Å². The van der Waals surface area contributed by atoms with Gasteiger partial charge in [-0.3, -0.25) is 0 Å². The van der Waals surface area contributed by atoms with E-state index in [-0.39, 0.29) is 12.0 Å². The van der Waals surface area contributed by atoms with Gasteiger partial charge in [0.05, 0.1) is 24.7 Å². The molecular weight excluding hydrogens is 556 g/mol. The molecule has 2 aliphatic heterocycles. The lowest BCUT2D eigenvalue weighted by atomic mass is 9.84. The van der Waals surface area contributed by atoms with Crippen LogP contribution in [-0.2, 0) is 25.4 Å². The van der Waals surface area contributed by atoms with Crippen molar-refractivity contribution < 1.29 is 33.3 Å². The van der Waals surface area contributed by atoms with Crippen LogP contribution in [0.1, 0.15) is 138 Å². The number of carbonyl (C=O) groups excluding carboxylic acids is 2. The van der Waals surface area contributed by atoms with Crippen molar-refractivity contribution in [3.8, 4) is 0 Å². The van der Waals surface area contributed by atoms with E-state index in [1.807, 2.05) is 13.8 Å². The largest absolute Gasteiger partial charge is 0.465 e. The van der Waals surface area contributed by atoms with Crippen LogP contribution < -0.4 is 0 Å². The lowest BCUT2D eigenvalue weighted by molar-refractivity contribution is -0.143. The predicted octanol–water partition coefficient (Wildman–Crippen LogP) is 8.55. The molecule has 3 rings (SSSR count). The van der Waals surface area contributed by atoms with E-state index in [1.165, 1.54) is 77.7 Å². The van der Waals surface area contributed by atoms with Crippen LogP contribution in [-0.4, -0.2) is 49.1 Å². The van der Waals surface area contributed by atoms with E-state index in [1.54, 1.807) is 12.1 Å². The van der Waals surface area contributed by atoms with E-state index in [0.717, 1.165) is 19.3 Å². The van der Waals surface area contributed by atoms with Gasteiger partial charge >= 0.3 is 11.9 Å². The molecule has 0 aliphatic carbocycles. The van der Waals surface area contributed by atoms with Crippen molar-refractivity contribution in [1.29, 1.82) is 0 Å². The molecule has 3 heterocycles. The molecular formula is C37H56O7. The van der Waals surface area contributed by atoms with Crippen molar-refractivity contribution in [3.63, 3.8) is 0 Å². The monoisotopic (exact) mass is 612 g/mol. The molecule has 0 aromatic carbocycles. The number of hydrogen-bond donors (Lipinski definition) is 1. The van der Waals surface area contributed by atoms with Gasteiger partial charge in [-0.05, 0) is 32.4 Å². The van der Waals surface area contributed by atoms with Crippen LogP contribution in [0.15, 0.2) is 46.4 Å². The van der Waals surface area contributed by atoms with E-state index in [9.17, 15) is 14.7 Å². The Morgan fingerprint density at radius 2 is 1.50 bits per heavy atom. The van der Waals surface area contributed by atoms with Crippen LogP contribution in [0.2, 0.25) is 0 Å². The van der Waals surface area contributed by atoms with Gasteiger partial charge in [0, 0.05) is 18.9 Å². The first-order chi connectivity index (χ1) is 21.2. The zero-order valence-electron chi connectivity index (χ0n) is 27.7. The first kappa shape index (κ1) is 35.8. The number of furan rings is 1. The minimum Gasteiger partial charge on any atom is -0.465 e. The Bertz CT molecular complexity index is 1130. The lowest BCUT2D eigenvalue weighted by Crippen LogP contribution is -2.40. The molecule has 0 amide bonds. The Hall–Kier alpha value is -2.64. The smallest absolute Gasteiger partial charge is 0.341 e. The number of rotatable bonds is 19. The van der Waals surface area contributed by atoms with E-state index < -0.39 is 42.1 Å². The third-order valence-electron chi connectivity index (χ3n) is 9.08. The Labute approximate surface area is 265 Å². The van der Waals surface area contributed by atoms with E-state index in [2.05, 4.69) is 20.1 Å². The topological polar surface area (TPSA) is 95.2 Å². The molecule has 0 saturated heterocycles. The maximum atomic E-state index is 13.2. The summed E-state index contributed by atoms with van der Waals surface area (Å²) in [7, 11) is 1.32. The van der Waals surface area contributed by atoms with Gasteiger partial charge < -0.3 is 23.7 Å². The molecule has 0 radical (unpaired) electrons.